The Kier molecular flexibility index (Phi) is 3.36. The van der Waals surface area contributed by atoms with E-state index in [4.69, 9.17) is 4.74 Å². The van der Waals surface area contributed by atoms with Crippen molar-refractivity contribution in [3.05, 3.63) is 28.5 Å². The molecule has 3 nitrogen and oxygen atoms in total. The Hall–Kier alpha value is -0.740. The summed E-state index contributed by atoms with van der Waals surface area (Å²) in [7, 11) is 0. The van der Waals surface area contributed by atoms with E-state index in [-0.39, 0.29) is 17.3 Å². The molecule has 1 fully saturated rings. The van der Waals surface area contributed by atoms with E-state index in [1.165, 1.54) is 0 Å². The van der Waals surface area contributed by atoms with Gasteiger partial charge < -0.3 is 4.74 Å². The number of carbonyl (C=O) groups excluding carboxylic acids is 1. The molecule has 0 radical (unpaired) electrons. The molecule has 2 heterocycles. The molecule has 1 aromatic heterocycles. The highest BCUT2D eigenvalue weighted by atomic mass is 79.9. The summed E-state index contributed by atoms with van der Waals surface area (Å²) >= 11 is 3.32. The molecule has 1 atom stereocenters. The number of rotatable bonds is 2. The number of nitrogens with zero attached hydrogens (tertiary/aromatic N) is 1. The third-order valence-electron chi connectivity index (χ3n) is 3.37. The van der Waals surface area contributed by atoms with Crippen LogP contribution in [0.4, 0.5) is 0 Å². The van der Waals surface area contributed by atoms with Crippen LogP contribution in [0.5, 0.6) is 0 Å². The molecule has 1 aromatic rings. The molecule has 1 aliphatic rings. The highest BCUT2D eigenvalue weighted by Gasteiger charge is 2.49. The van der Waals surface area contributed by atoms with Crippen molar-refractivity contribution in [2.24, 2.45) is 5.92 Å². The first-order chi connectivity index (χ1) is 8.21. The zero-order valence-corrected chi connectivity index (χ0v) is 12.7. The number of carbonyl (C=O) groups is 1. The highest BCUT2D eigenvalue weighted by Crippen LogP contribution is 2.43. The quantitative estimate of drug-likeness (QED) is 0.783. The molecule has 4 heteroatoms. The molecule has 0 aromatic carbocycles. The lowest BCUT2D eigenvalue weighted by atomic mass is 9.83. The summed E-state index contributed by atoms with van der Waals surface area (Å²) in [5.41, 5.74) is -0.174. The number of hydrogen-bond donors (Lipinski definition) is 0. The monoisotopic (exact) mass is 311 g/mol. The fourth-order valence-electron chi connectivity index (χ4n) is 2.67. The lowest BCUT2D eigenvalue weighted by molar-refractivity contribution is -0.0712. The van der Waals surface area contributed by atoms with Crippen LogP contribution in [-0.4, -0.2) is 22.0 Å². The number of hydrogen-bond acceptors (Lipinski definition) is 3. The number of pyridine rings is 1. The Labute approximate surface area is 116 Å². The molecule has 1 unspecified atom stereocenters. The van der Waals surface area contributed by atoms with Crippen molar-refractivity contribution in [1.82, 2.24) is 4.98 Å². The number of aromatic nitrogens is 1. The van der Waals surface area contributed by atoms with Gasteiger partial charge in [-0.1, -0.05) is 0 Å². The zero-order chi connectivity index (χ0) is 13.6. The van der Waals surface area contributed by atoms with E-state index in [9.17, 15) is 4.79 Å². The van der Waals surface area contributed by atoms with Crippen LogP contribution in [0.1, 0.15) is 44.6 Å². The fraction of sp³-hybridized carbons (Fsp3) is 0.571. The Balaban J connectivity index is 2.27. The van der Waals surface area contributed by atoms with Crippen LogP contribution in [0.2, 0.25) is 0 Å². The zero-order valence-electron chi connectivity index (χ0n) is 11.2. The first-order valence-corrected chi connectivity index (χ1v) is 6.86. The molecule has 0 saturated carbocycles. The van der Waals surface area contributed by atoms with E-state index in [1.54, 1.807) is 12.3 Å². The largest absolute Gasteiger partial charge is 0.369 e. The predicted octanol–water partition coefficient (Wildman–Crippen LogP) is 3.62. The first-order valence-electron chi connectivity index (χ1n) is 6.07. The minimum absolute atomic E-state index is 0.0677. The second kappa shape index (κ2) is 4.42. The normalized spacial score (nSPS) is 25.1. The molecule has 0 aliphatic carbocycles. The second-order valence-electron chi connectivity index (χ2n) is 5.95. The standard InChI is InChI=1S/C14H18BrNO2/c1-13(2)7-10(14(3,4)18-13)12(17)11-6-5-9(15)8-16-11/h5-6,8,10H,7H2,1-4H3. The van der Waals surface area contributed by atoms with Crippen LogP contribution in [0.25, 0.3) is 0 Å². The smallest absolute Gasteiger partial charge is 0.187 e. The maximum atomic E-state index is 12.5. The minimum atomic E-state index is -0.435. The first kappa shape index (κ1) is 13.7. The maximum Gasteiger partial charge on any atom is 0.187 e. The van der Waals surface area contributed by atoms with E-state index in [0.29, 0.717) is 5.69 Å². The lowest BCUT2D eigenvalue weighted by Crippen LogP contribution is -2.34. The van der Waals surface area contributed by atoms with E-state index in [1.807, 2.05) is 33.8 Å². The van der Waals surface area contributed by atoms with Gasteiger partial charge in [0.25, 0.3) is 0 Å². The van der Waals surface area contributed by atoms with Crippen molar-refractivity contribution in [2.45, 2.75) is 45.3 Å². The molecule has 0 amide bonds. The molecular weight excluding hydrogens is 294 g/mol. The van der Waals surface area contributed by atoms with Crippen molar-refractivity contribution < 1.29 is 9.53 Å². The van der Waals surface area contributed by atoms with Gasteiger partial charge in [0, 0.05) is 10.7 Å². The molecule has 98 valence electrons. The van der Waals surface area contributed by atoms with Gasteiger partial charge in [-0.25, -0.2) is 0 Å². The Bertz CT molecular complexity index is 465. The van der Waals surface area contributed by atoms with Crippen molar-refractivity contribution in [3.63, 3.8) is 0 Å². The number of ketones is 1. The summed E-state index contributed by atoms with van der Waals surface area (Å²) in [5, 5.41) is 0. The average molecular weight is 312 g/mol. The molecule has 1 saturated heterocycles. The molecule has 2 rings (SSSR count). The van der Waals surface area contributed by atoms with Gasteiger partial charge in [0.2, 0.25) is 0 Å². The second-order valence-corrected chi connectivity index (χ2v) is 6.86. The lowest BCUT2D eigenvalue weighted by Gasteiger charge is -2.26. The van der Waals surface area contributed by atoms with E-state index < -0.39 is 5.60 Å². The third kappa shape index (κ3) is 2.64. The summed E-state index contributed by atoms with van der Waals surface area (Å²) in [6, 6.07) is 3.60. The van der Waals surface area contributed by atoms with Gasteiger partial charge in [-0.15, -0.1) is 0 Å². The highest BCUT2D eigenvalue weighted by molar-refractivity contribution is 9.10. The number of Topliss-reactive ketones (excluding diaryl/α,β-unsaturated/α-hetero) is 1. The van der Waals surface area contributed by atoms with Gasteiger partial charge in [0.1, 0.15) is 5.69 Å². The summed E-state index contributed by atoms with van der Waals surface area (Å²) in [6.45, 7) is 8.00. The van der Waals surface area contributed by atoms with Crippen molar-refractivity contribution in [2.75, 3.05) is 0 Å². The van der Waals surface area contributed by atoms with Crippen LogP contribution < -0.4 is 0 Å². The van der Waals surface area contributed by atoms with Gasteiger partial charge in [-0.2, -0.15) is 0 Å². The van der Waals surface area contributed by atoms with E-state index in [2.05, 4.69) is 20.9 Å². The summed E-state index contributed by atoms with van der Waals surface area (Å²) < 4.78 is 6.83. The SMILES string of the molecule is CC1(C)CC(C(=O)c2ccc(Br)cn2)C(C)(C)O1. The maximum absolute atomic E-state index is 12.5. The fourth-order valence-corrected chi connectivity index (χ4v) is 2.91. The van der Waals surface area contributed by atoms with Crippen LogP contribution in [0.3, 0.4) is 0 Å². The van der Waals surface area contributed by atoms with Crippen LogP contribution in [0, 0.1) is 5.92 Å². The molecule has 18 heavy (non-hydrogen) atoms. The summed E-state index contributed by atoms with van der Waals surface area (Å²) in [5.74, 6) is -0.0701. The molecule has 1 aliphatic heterocycles. The van der Waals surface area contributed by atoms with Crippen LogP contribution in [0.15, 0.2) is 22.8 Å². The third-order valence-corrected chi connectivity index (χ3v) is 3.84. The van der Waals surface area contributed by atoms with Crippen LogP contribution >= 0.6 is 15.9 Å². The molecule has 0 bridgehead atoms. The number of ether oxygens (including phenoxy) is 1. The summed E-state index contributed by atoms with van der Waals surface area (Å²) in [6.07, 6.45) is 2.39. The van der Waals surface area contributed by atoms with Gasteiger partial charge in [-0.3, -0.25) is 9.78 Å². The van der Waals surface area contributed by atoms with Gasteiger partial charge in [0.05, 0.1) is 17.1 Å². The number of halogens is 1. The van der Waals surface area contributed by atoms with Gasteiger partial charge >= 0.3 is 0 Å². The Morgan fingerprint density at radius 2 is 2.06 bits per heavy atom. The van der Waals surface area contributed by atoms with Crippen molar-refractivity contribution in [3.8, 4) is 0 Å². The van der Waals surface area contributed by atoms with Crippen LogP contribution in [-0.2, 0) is 4.74 Å². The minimum Gasteiger partial charge on any atom is -0.369 e. The Morgan fingerprint density at radius 3 is 2.50 bits per heavy atom. The Morgan fingerprint density at radius 1 is 1.39 bits per heavy atom. The van der Waals surface area contributed by atoms with Gasteiger partial charge in [-0.05, 0) is 62.2 Å². The van der Waals surface area contributed by atoms with Crippen molar-refractivity contribution in [1.29, 1.82) is 0 Å². The average Bonchev–Trinajstić information content (AvgIpc) is 2.47. The molecule has 0 spiro atoms. The molecular formula is C14H18BrNO2. The van der Waals surface area contributed by atoms with E-state index in [0.717, 1.165) is 10.9 Å². The van der Waals surface area contributed by atoms with Crippen molar-refractivity contribution >= 4 is 21.7 Å². The predicted molar refractivity (Wildman–Crippen MR) is 73.6 cm³/mol. The summed E-state index contributed by atoms with van der Waals surface area (Å²) in [4.78, 5) is 16.7. The molecule has 0 N–H and O–H groups in total. The van der Waals surface area contributed by atoms with Gasteiger partial charge in [0.15, 0.2) is 5.78 Å². The topological polar surface area (TPSA) is 39.2 Å². The van der Waals surface area contributed by atoms with E-state index >= 15 is 0 Å².